The summed E-state index contributed by atoms with van der Waals surface area (Å²) < 4.78 is 32.0. The van der Waals surface area contributed by atoms with Gasteiger partial charge in [0, 0.05) is 0 Å². The SMILES string of the molecule is [2H]c1c([2H])c(-c2ccc3ccccc3c2)c([2H])c([2H])c1B(O)O. The van der Waals surface area contributed by atoms with Gasteiger partial charge in [0.1, 0.15) is 0 Å². The first kappa shape index (κ1) is 8.15. The van der Waals surface area contributed by atoms with Crippen molar-refractivity contribution in [3.05, 3.63) is 66.6 Å². The average Bonchev–Trinajstić information content (AvgIpc) is 2.53. The lowest BCUT2D eigenvalue weighted by atomic mass is 9.80. The van der Waals surface area contributed by atoms with Crippen LogP contribution in [0.1, 0.15) is 5.48 Å². The second-order valence-corrected chi connectivity index (χ2v) is 4.22. The molecule has 0 aliphatic rings. The first-order valence-corrected chi connectivity index (χ1v) is 5.87. The molecular formula is C16H13BO2. The standard InChI is InChI=1S/C16H13BO2/c18-17(19)16-9-7-13(8-10-16)15-6-5-12-3-1-2-4-14(12)11-15/h1-11,18-19H/i7D,8D,9D,10D. The lowest BCUT2D eigenvalue weighted by Gasteiger charge is -2.05. The summed E-state index contributed by atoms with van der Waals surface area (Å²) in [6, 6.07) is 11.6. The second kappa shape index (κ2) is 4.88. The van der Waals surface area contributed by atoms with Crippen LogP contribution in [-0.2, 0) is 0 Å². The first-order valence-electron chi connectivity index (χ1n) is 7.87. The molecule has 0 saturated carbocycles. The zero-order valence-electron chi connectivity index (χ0n) is 14.0. The Labute approximate surface area is 117 Å². The van der Waals surface area contributed by atoms with Gasteiger partial charge in [0.05, 0.1) is 5.48 Å². The predicted molar refractivity (Wildman–Crippen MR) is 79.2 cm³/mol. The second-order valence-electron chi connectivity index (χ2n) is 4.22. The topological polar surface area (TPSA) is 40.5 Å². The maximum absolute atomic E-state index is 9.29. The van der Waals surface area contributed by atoms with Gasteiger partial charge < -0.3 is 10.0 Å². The molecule has 19 heavy (non-hydrogen) atoms. The van der Waals surface area contributed by atoms with Crippen molar-refractivity contribution in [3.8, 4) is 11.1 Å². The van der Waals surface area contributed by atoms with E-state index in [0.29, 0.717) is 5.56 Å². The molecule has 2 N–H and O–H groups in total. The average molecular weight is 252 g/mol. The fraction of sp³-hybridized carbons (Fsp3) is 0. The number of hydrogen-bond acceptors (Lipinski definition) is 2. The molecule has 2 nitrogen and oxygen atoms in total. The zero-order chi connectivity index (χ0) is 16.7. The van der Waals surface area contributed by atoms with Crippen LogP contribution in [0.25, 0.3) is 21.9 Å². The third-order valence-electron chi connectivity index (χ3n) is 2.94. The van der Waals surface area contributed by atoms with E-state index in [1.54, 1.807) is 12.1 Å². The van der Waals surface area contributed by atoms with E-state index in [1.165, 1.54) is 0 Å². The van der Waals surface area contributed by atoms with Crippen LogP contribution in [0.15, 0.2) is 66.6 Å². The molecule has 92 valence electrons. The predicted octanol–water partition coefficient (Wildman–Crippen LogP) is 2.19. The van der Waals surface area contributed by atoms with Gasteiger partial charge in [-0.25, -0.2) is 0 Å². The van der Waals surface area contributed by atoms with Gasteiger partial charge in [0.15, 0.2) is 0 Å². The van der Waals surface area contributed by atoms with Crippen LogP contribution >= 0.6 is 0 Å². The molecule has 0 saturated heterocycles. The molecule has 3 aromatic rings. The quantitative estimate of drug-likeness (QED) is 0.686. The van der Waals surface area contributed by atoms with Crippen LogP contribution < -0.4 is 5.46 Å². The van der Waals surface area contributed by atoms with Gasteiger partial charge in [-0.05, 0) is 33.4 Å². The summed E-state index contributed by atoms with van der Waals surface area (Å²) in [5, 5.41) is 20.5. The first-order chi connectivity index (χ1) is 10.9. The van der Waals surface area contributed by atoms with E-state index in [1.807, 2.05) is 30.3 Å². The minimum absolute atomic E-state index is 0.148. The van der Waals surface area contributed by atoms with Crippen molar-refractivity contribution >= 4 is 23.4 Å². The fourth-order valence-electron chi connectivity index (χ4n) is 1.94. The van der Waals surface area contributed by atoms with E-state index in [0.717, 1.165) is 10.8 Å². The Hall–Kier alpha value is -2.10. The molecule has 3 aromatic carbocycles. The third kappa shape index (κ3) is 2.39. The van der Waals surface area contributed by atoms with Crippen molar-refractivity contribution in [2.75, 3.05) is 0 Å². The molecule has 0 aromatic heterocycles. The Morgan fingerprint density at radius 3 is 2.16 bits per heavy atom. The summed E-state index contributed by atoms with van der Waals surface area (Å²) in [5.74, 6) is 0. The van der Waals surface area contributed by atoms with E-state index in [2.05, 4.69) is 0 Å². The summed E-state index contributed by atoms with van der Waals surface area (Å²) in [5.41, 5.74) is 0.291. The number of fused-ring (bicyclic) bond motifs is 1. The van der Waals surface area contributed by atoms with E-state index in [4.69, 9.17) is 5.48 Å². The molecule has 0 bridgehead atoms. The highest BCUT2D eigenvalue weighted by molar-refractivity contribution is 6.58. The normalized spacial score (nSPS) is 13.6. The van der Waals surface area contributed by atoms with Crippen LogP contribution in [0.3, 0.4) is 0 Å². The van der Waals surface area contributed by atoms with Crippen molar-refractivity contribution in [2.45, 2.75) is 0 Å². The molecule has 0 atom stereocenters. The lowest BCUT2D eigenvalue weighted by Crippen LogP contribution is -2.29. The molecule has 0 heterocycles. The van der Waals surface area contributed by atoms with Gasteiger partial charge in [0.2, 0.25) is 0 Å². The van der Waals surface area contributed by atoms with E-state index < -0.39 is 24.7 Å². The monoisotopic (exact) mass is 252 g/mol. The Morgan fingerprint density at radius 1 is 0.789 bits per heavy atom. The van der Waals surface area contributed by atoms with Crippen LogP contribution in [0, 0.1) is 0 Å². The maximum atomic E-state index is 9.29. The number of hydrogen-bond donors (Lipinski definition) is 2. The molecule has 0 aliphatic heterocycles. The van der Waals surface area contributed by atoms with Crippen LogP contribution in [0.2, 0.25) is 0 Å². The van der Waals surface area contributed by atoms with Gasteiger partial charge in [-0.3, -0.25) is 0 Å². The Bertz CT molecular complexity index is 883. The van der Waals surface area contributed by atoms with Crippen molar-refractivity contribution < 1.29 is 15.5 Å². The fourth-order valence-corrected chi connectivity index (χ4v) is 1.94. The summed E-state index contributed by atoms with van der Waals surface area (Å²) in [6.45, 7) is 0. The minimum Gasteiger partial charge on any atom is -0.423 e. The Kier molecular flexibility index (Phi) is 2.09. The molecule has 0 aliphatic carbocycles. The molecule has 0 radical (unpaired) electrons. The highest BCUT2D eigenvalue weighted by Gasteiger charge is 2.10. The Balaban J connectivity index is 2.30. The number of rotatable bonds is 2. The van der Waals surface area contributed by atoms with Crippen LogP contribution in [0.4, 0.5) is 0 Å². The largest absolute Gasteiger partial charge is 0.488 e. The molecule has 0 fully saturated rings. The molecule has 0 spiro atoms. The van der Waals surface area contributed by atoms with Crippen LogP contribution in [-0.4, -0.2) is 17.2 Å². The Morgan fingerprint density at radius 2 is 1.47 bits per heavy atom. The van der Waals surface area contributed by atoms with Gasteiger partial charge in [-0.1, -0.05) is 60.6 Å². The van der Waals surface area contributed by atoms with Crippen molar-refractivity contribution in [1.29, 1.82) is 0 Å². The van der Waals surface area contributed by atoms with E-state index >= 15 is 0 Å². The third-order valence-corrected chi connectivity index (χ3v) is 2.94. The molecule has 3 rings (SSSR count). The maximum Gasteiger partial charge on any atom is 0.488 e. The van der Waals surface area contributed by atoms with Gasteiger partial charge in [-0.2, -0.15) is 0 Å². The summed E-state index contributed by atoms with van der Waals surface area (Å²) in [4.78, 5) is 0. The highest BCUT2D eigenvalue weighted by Crippen LogP contribution is 2.23. The van der Waals surface area contributed by atoms with Crippen molar-refractivity contribution in [3.63, 3.8) is 0 Å². The van der Waals surface area contributed by atoms with E-state index in [9.17, 15) is 10.0 Å². The highest BCUT2D eigenvalue weighted by atomic mass is 16.4. The molecule has 0 unspecified atom stereocenters. The smallest absolute Gasteiger partial charge is 0.423 e. The lowest BCUT2D eigenvalue weighted by molar-refractivity contribution is 0.426. The molecule has 0 amide bonds. The summed E-state index contributed by atoms with van der Waals surface area (Å²) in [6.07, 6.45) is 0. The van der Waals surface area contributed by atoms with Gasteiger partial charge >= 0.3 is 7.12 Å². The van der Waals surface area contributed by atoms with E-state index in [-0.39, 0.29) is 17.6 Å². The van der Waals surface area contributed by atoms with Gasteiger partial charge in [-0.15, -0.1) is 0 Å². The summed E-state index contributed by atoms with van der Waals surface area (Å²) in [7, 11) is -2.05. The van der Waals surface area contributed by atoms with Crippen LogP contribution in [0.5, 0.6) is 0 Å². The van der Waals surface area contributed by atoms with Crippen molar-refractivity contribution in [1.82, 2.24) is 0 Å². The van der Waals surface area contributed by atoms with Crippen molar-refractivity contribution in [2.24, 2.45) is 0 Å². The number of benzene rings is 3. The van der Waals surface area contributed by atoms with Gasteiger partial charge in [0.25, 0.3) is 0 Å². The summed E-state index contributed by atoms with van der Waals surface area (Å²) >= 11 is 0. The molecule has 3 heteroatoms. The minimum atomic E-state index is -2.05. The molecular weight excluding hydrogens is 235 g/mol. The zero-order valence-corrected chi connectivity index (χ0v) is 10.0.